The van der Waals surface area contributed by atoms with Gasteiger partial charge in [-0.25, -0.2) is 4.98 Å². The number of nitrogens with one attached hydrogen (secondary N) is 1. The predicted molar refractivity (Wildman–Crippen MR) is 98.2 cm³/mol. The van der Waals surface area contributed by atoms with E-state index in [0.29, 0.717) is 18.1 Å². The first-order valence-electron chi connectivity index (χ1n) is 7.71. The first-order valence-corrected chi connectivity index (χ1v) is 8.50. The standard InChI is InChI=1S/C18H22BrN3O2/c1-11-14(15(23)21-17(20-11)18(2,3)4)16(24)22(5)10-12-6-8-13(19)9-7-12/h6-9H,10H2,1-5H3,(H,20,21,23). The molecule has 0 aliphatic heterocycles. The zero-order valence-corrected chi connectivity index (χ0v) is 16.2. The van der Waals surface area contributed by atoms with E-state index in [-0.39, 0.29) is 22.4 Å². The zero-order valence-electron chi connectivity index (χ0n) is 14.6. The number of halogens is 1. The molecule has 128 valence electrons. The van der Waals surface area contributed by atoms with Crippen LogP contribution in [-0.4, -0.2) is 27.8 Å². The first kappa shape index (κ1) is 18.4. The number of benzene rings is 1. The van der Waals surface area contributed by atoms with Crippen molar-refractivity contribution in [2.24, 2.45) is 0 Å². The summed E-state index contributed by atoms with van der Waals surface area (Å²) in [4.78, 5) is 33.8. The van der Waals surface area contributed by atoms with Gasteiger partial charge in [-0.05, 0) is 24.6 Å². The molecule has 1 amide bonds. The van der Waals surface area contributed by atoms with Crippen molar-refractivity contribution in [3.05, 3.63) is 61.7 Å². The number of aryl methyl sites for hydroxylation is 1. The lowest BCUT2D eigenvalue weighted by molar-refractivity contribution is 0.0781. The van der Waals surface area contributed by atoms with Crippen LogP contribution >= 0.6 is 15.9 Å². The van der Waals surface area contributed by atoms with Crippen LogP contribution in [0, 0.1) is 6.92 Å². The molecule has 2 rings (SSSR count). The summed E-state index contributed by atoms with van der Waals surface area (Å²) < 4.78 is 0.981. The molecule has 0 aliphatic carbocycles. The number of H-pyrrole nitrogens is 1. The van der Waals surface area contributed by atoms with Crippen molar-refractivity contribution < 1.29 is 4.79 Å². The number of nitrogens with zero attached hydrogens (tertiary/aromatic N) is 2. The molecule has 1 heterocycles. The van der Waals surface area contributed by atoms with E-state index in [4.69, 9.17) is 0 Å². The lowest BCUT2D eigenvalue weighted by atomic mass is 9.95. The average Bonchev–Trinajstić information content (AvgIpc) is 2.47. The summed E-state index contributed by atoms with van der Waals surface area (Å²) in [5.74, 6) is 0.252. The number of hydrogen-bond acceptors (Lipinski definition) is 3. The molecule has 1 aromatic heterocycles. The molecular formula is C18H22BrN3O2. The van der Waals surface area contributed by atoms with Crippen LogP contribution in [0.5, 0.6) is 0 Å². The van der Waals surface area contributed by atoms with Gasteiger partial charge >= 0.3 is 0 Å². The lowest BCUT2D eigenvalue weighted by Crippen LogP contribution is -2.34. The van der Waals surface area contributed by atoms with Crippen molar-refractivity contribution in [1.82, 2.24) is 14.9 Å². The highest BCUT2D eigenvalue weighted by Crippen LogP contribution is 2.18. The van der Waals surface area contributed by atoms with Crippen LogP contribution in [0.15, 0.2) is 33.5 Å². The Morgan fingerprint density at radius 1 is 1.25 bits per heavy atom. The highest BCUT2D eigenvalue weighted by atomic mass is 79.9. The van der Waals surface area contributed by atoms with Gasteiger partial charge in [0.05, 0.1) is 5.69 Å². The van der Waals surface area contributed by atoms with Crippen LogP contribution < -0.4 is 5.56 Å². The molecule has 0 bridgehead atoms. The zero-order chi connectivity index (χ0) is 18.1. The highest BCUT2D eigenvalue weighted by molar-refractivity contribution is 9.10. The van der Waals surface area contributed by atoms with Crippen molar-refractivity contribution in [2.75, 3.05) is 7.05 Å². The molecule has 5 nitrogen and oxygen atoms in total. The number of rotatable bonds is 3. The van der Waals surface area contributed by atoms with E-state index in [1.54, 1.807) is 14.0 Å². The Kier molecular flexibility index (Phi) is 5.28. The molecule has 0 unspecified atom stereocenters. The normalized spacial score (nSPS) is 11.4. The molecule has 0 radical (unpaired) electrons. The van der Waals surface area contributed by atoms with Gasteiger partial charge < -0.3 is 9.88 Å². The van der Waals surface area contributed by atoms with Crippen molar-refractivity contribution in [1.29, 1.82) is 0 Å². The Bertz CT molecular complexity index is 804. The van der Waals surface area contributed by atoms with E-state index in [0.717, 1.165) is 10.0 Å². The van der Waals surface area contributed by atoms with Gasteiger partial charge in [0, 0.05) is 23.5 Å². The van der Waals surface area contributed by atoms with Crippen LogP contribution in [0.1, 0.15) is 48.2 Å². The summed E-state index contributed by atoms with van der Waals surface area (Å²) in [5, 5.41) is 0. The molecule has 0 spiro atoms. The van der Waals surface area contributed by atoms with Crippen molar-refractivity contribution in [3.8, 4) is 0 Å². The molecule has 1 aromatic carbocycles. The van der Waals surface area contributed by atoms with Gasteiger partial charge in [0.15, 0.2) is 0 Å². The summed E-state index contributed by atoms with van der Waals surface area (Å²) in [7, 11) is 1.68. The van der Waals surface area contributed by atoms with Crippen molar-refractivity contribution >= 4 is 21.8 Å². The van der Waals surface area contributed by atoms with Gasteiger partial charge in [0.2, 0.25) is 0 Å². The maximum atomic E-state index is 12.7. The van der Waals surface area contributed by atoms with Crippen LogP contribution in [0.2, 0.25) is 0 Å². The Morgan fingerprint density at radius 2 is 1.83 bits per heavy atom. The quantitative estimate of drug-likeness (QED) is 0.871. The van der Waals surface area contributed by atoms with Gasteiger partial charge in [-0.15, -0.1) is 0 Å². The lowest BCUT2D eigenvalue weighted by Gasteiger charge is -2.21. The van der Waals surface area contributed by atoms with Crippen LogP contribution in [0.3, 0.4) is 0 Å². The molecule has 0 aliphatic rings. The van der Waals surface area contributed by atoms with Crippen LogP contribution in [0.25, 0.3) is 0 Å². The second-order valence-electron chi connectivity index (χ2n) is 6.91. The number of amides is 1. The molecule has 24 heavy (non-hydrogen) atoms. The number of carbonyl (C=O) groups excluding carboxylic acids is 1. The van der Waals surface area contributed by atoms with E-state index in [1.807, 2.05) is 45.0 Å². The Morgan fingerprint density at radius 3 is 2.33 bits per heavy atom. The minimum atomic E-state index is -0.389. The summed E-state index contributed by atoms with van der Waals surface area (Å²) in [5.41, 5.74) is 0.871. The molecule has 6 heteroatoms. The minimum Gasteiger partial charge on any atom is -0.337 e. The predicted octanol–water partition coefficient (Wildman–Crippen LogP) is 3.41. The van der Waals surface area contributed by atoms with Crippen LogP contribution in [0.4, 0.5) is 0 Å². The molecule has 1 N–H and O–H groups in total. The fourth-order valence-electron chi connectivity index (χ4n) is 2.32. The smallest absolute Gasteiger partial charge is 0.264 e. The fraction of sp³-hybridized carbons (Fsp3) is 0.389. The number of aromatic amines is 1. The summed E-state index contributed by atoms with van der Waals surface area (Å²) in [6.07, 6.45) is 0. The maximum absolute atomic E-state index is 12.7. The second kappa shape index (κ2) is 6.89. The molecule has 0 atom stereocenters. The van der Waals surface area contributed by atoms with Gasteiger partial charge in [0.25, 0.3) is 11.5 Å². The highest BCUT2D eigenvalue weighted by Gasteiger charge is 2.24. The first-order chi connectivity index (χ1) is 11.1. The number of aromatic nitrogens is 2. The fourth-order valence-corrected chi connectivity index (χ4v) is 2.58. The third-order valence-corrected chi connectivity index (χ3v) is 4.23. The maximum Gasteiger partial charge on any atom is 0.264 e. The average molecular weight is 392 g/mol. The van der Waals surface area contributed by atoms with Gasteiger partial charge in [-0.1, -0.05) is 48.8 Å². The minimum absolute atomic E-state index is 0.0996. The SMILES string of the molecule is Cc1nc(C(C)(C)C)[nH]c(=O)c1C(=O)N(C)Cc1ccc(Br)cc1. The third kappa shape index (κ3) is 4.12. The van der Waals surface area contributed by atoms with Gasteiger partial charge in [-0.2, -0.15) is 0 Å². The topological polar surface area (TPSA) is 66.1 Å². The van der Waals surface area contributed by atoms with Crippen molar-refractivity contribution in [2.45, 2.75) is 39.7 Å². The van der Waals surface area contributed by atoms with Gasteiger partial charge in [-0.3, -0.25) is 9.59 Å². The number of carbonyl (C=O) groups is 1. The molecule has 0 saturated carbocycles. The molecule has 0 saturated heterocycles. The van der Waals surface area contributed by atoms with E-state index in [1.165, 1.54) is 4.90 Å². The Labute approximate surface area is 150 Å². The van der Waals surface area contributed by atoms with E-state index in [9.17, 15) is 9.59 Å². The summed E-state index contributed by atoms with van der Waals surface area (Å²) in [6.45, 7) is 8.01. The molecular weight excluding hydrogens is 370 g/mol. The van der Waals surface area contributed by atoms with E-state index in [2.05, 4.69) is 25.9 Å². The van der Waals surface area contributed by atoms with Gasteiger partial charge in [0.1, 0.15) is 11.4 Å². The monoisotopic (exact) mass is 391 g/mol. The van der Waals surface area contributed by atoms with E-state index >= 15 is 0 Å². The largest absolute Gasteiger partial charge is 0.337 e. The second-order valence-corrected chi connectivity index (χ2v) is 7.83. The number of hydrogen-bond donors (Lipinski definition) is 1. The Balaban J connectivity index is 2.29. The third-order valence-electron chi connectivity index (χ3n) is 3.70. The Hall–Kier alpha value is -1.95. The van der Waals surface area contributed by atoms with Crippen molar-refractivity contribution in [3.63, 3.8) is 0 Å². The molecule has 0 fully saturated rings. The van der Waals surface area contributed by atoms with Crippen LogP contribution in [-0.2, 0) is 12.0 Å². The van der Waals surface area contributed by atoms with E-state index < -0.39 is 0 Å². The molecule has 2 aromatic rings. The summed E-state index contributed by atoms with van der Waals surface area (Å²) >= 11 is 3.38. The summed E-state index contributed by atoms with van der Waals surface area (Å²) in [6, 6.07) is 7.72.